The van der Waals surface area contributed by atoms with Crippen molar-refractivity contribution >= 4 is 23.5 Å². The average Bonchev–Trinajstić information content (AvgIpc) is 2.84. The molecule has 0 aromatic carbocycles. The topological polar surface area (TPSA) is 57.2 Å². The Morgan fingerprint density at radius 2 is 2.10 bits per heavy atom. The fraction of sp³-hybridized carbons (Fsp3) is 0.769. The van der Waals surface area contributed by atoms with E-state index in [1.54, 1.807) is 0 Å². The molecule has 1 N–H and O–H groups in total. The molecule has 1 aromatic heterocycles. The van der Waals surface area contributed by atoms with Gasteiger partial charge in [0.15, 0.2) is 0 Å². The van der Waals surface area contributed by atoms with Gasteiger partial charge in [0.1, 0.15) is 0 Å². The Labute approximate surface area is 125 Å². The zero-order valence-corrected chi connectivity index (χ0v) is 13.4. The van der Waals surface area contributed by atoms with Gasteiger partial charge in [-0.15, -0.1) is 0 Å². The maximum Gasteiger partial charge on any atom is 0.230 e. The van der Waals surface area contributed by atoms with E-state index >= 15 is 0 Å². The van der Waals surface area contributed by atoms with Gasteiger partial charge in [0.2, 0.25) is 17.2 Å². The fourth-order valence-corrected chi connectivity index (χ4v) is 2.51. The average molecular weight is 299 g/mol. The molecule has 0 spiro atoms. The highest BCUT2D eigenvalue weighted by Gasteiger charge is 2.24. The van der Waals surface area contributed by atoms with Crippen LogP contribution in [0, 0.1) is 5.92 Å². The quantitative estimate of drug-likeness (QED) is 0.893. The molecule has 1 atom stereocenters. The standard InChI is InChI=1S/C13H23ClN6/c1-9(2)20-6-5-10(8-20)7-15-12-16-11(14)17-13(18-12)19(3)4/h9-10H,5-8H2,1-4H3,(H,15,16,17,18). The monoisotopic (exact) mass is 298 g/mol. The molecule has 0 saturated carbocycles. The third kappa shape index (κ3) is 3.93. The molecule has 1 saturated heterocycles. The number of likely N-dealkylation sites (tertiary alicyclic amines) is 1. The summed E-state index contributed by atoms with van der Waals surface area (Å²) in [5.74, 6) is 1.76. The van der Waals surface area contributed by atoms with Gasteiger partial charge >= 0.3 is 0 Å². The van der Waals surface area contributed by atoms with Gasteiger partial charge in [-0.1, -0.05) is 0 Å². The second kappa shape index (κ2) is 6.54. The van der Waals surface area contributed by atoms with Crippen LogP contribution in [0.25, 0.3) is 0 Å². The van der Waals surface area contributed by atoms with Gasteiger partial charge in [0.25, 0.3) is 0 Å². The Morgan fingerprint density at radius 3 is 2.70 bits per heavy atom. The lowest BCUT2D eigenvalue weighted by Gasteiger charge is -2.20. The summed E-state index contributed by atoms with van der Waals surface area (Å²) in [5, 5.41) is 3.51. The second-order valence-corrected chi connectivity index (χ2v) is 6.08. The summed E-state index contributed by atoms with van der Waals surface area (Å²) in [6.07, 6.45) is 1.21. The zero-order valence-electron chi connectivity index (χ0n) is 12.6. The molecule has 0 bridgehead atoms. The van der Waals surface area contributed by atoms with Crippen LogP contribution < -0.4 is 10.2 Å². The Balaban J connectivity index is 1.91. The van der Waals surface area contributed by atoms with Gasteiger partial charge in [-0.25, -0.2) is 0 Å². The van der Waals surface area contributed by atoms with Gasteiger partial charge in [-0.3, -0.25) is 0 Å². The number of halogens is 1. The van der Waals surface area contributed by atoms with E-state index in [0.29, 0.717) is 23.9 Å². The van der Waals surface area contributed by atoms with Crippen LogP contribution in [0.1, 0.15) is 20.3 Å². The SMILES string of the molecule is CC(C)N1CCC(CNc2nc(Cl)nc(N(C)C)n2)C1. The van der Waals surface area contributed by atoms with E-state index in [1.165, 1.54) is 13.0 Å². The molecule has 0 aliphatic carbocycles. The van der Waals surface area contributed by atoms with Crippen molar-refractivity contribution in [3.63, 3.8) is 0 Å². The van der Waals surface area contributed by atoms with Crippen molar-refractivity contribution < 1.29 is 0 Å². The fourth-order valence-electron chi connectivity index (χ4n) is 2.35. The minimum atomic E-state index is 0.224. The number of aromatic nitrogens is 3. The second-order valence-electron chi connectivity index (χ2n) is 5.75. The van der Waals surface area contributed by atoms with E-state index in [0.717, 1.165) is 13.1 Å². The lowest BCUT2D eigenvalue weighted by atomic mass is 10.1. The lowest BCUT2D eigenvalue weighted by molar-refractivity contribution is 0.266. The van der Waals surface area contributed by atoms with Gasteiger partial charge in [0, 0.05) is 33.2 Å². The third-order valence-electron chi connectivity index (χ3n) is 3.59. The lowest BCUT2D eigenvalue weighted by Crippen LogP contribution is -2.29. The highest BCUT2D eigenvalue weighted by molar-refractivity contribution is 6.28. The van der Waals surface area contributed by atoms with E-state index in [-0.39, 0.29) is 5.28 Å². The van der Waals surface area contributed by atoms with Crippen LogP contribution in [0.15, 0.2) is 0 Å². The molecular formula is C13H23ClN6. The summed E-state index contributed by atoms with van der Waals surface area (Å²) in [6.45, 7) is 7.65. The number of hydrogen-bond acceptors (Lipinski definition) is 6. The molecule has 0 radical (unpaired) electrons. The van der Waals surface area contributed by atoms with Crippen LogP contribution in [0.5, 0.6) is 0 Å². The van der Waals surface area contributed by atoms with Crippen LogP contribution in [0.4, 0.5) is 11.9 Å². The molecular weight excluding hydrogens is 276 g/mol. The molecule has 2 rings (SSSR count). The summed E-state index contributed by atoms with van der Waals surface area (Å²) >= 11 is 5.92. The minimum absolute atomic E-state index is 0.224. The number of rotatable bonds is 5. The molecule has 1 aliphatic heterocycles. The smallest absolute Gasteiger partial charge is 0.230 e. The highest BCUT2D eigenvalue weighted by atomic mass is 35.5. The Bertz CT molecular complexity index is 450. The summed E-state index contributed by atoms with van der Waals surface area (Å²) in [6, 6.07) is 0.618. The van der Waals surface area contributed by atoms with Crippen LogP contribution in [-0.2, 0) is 0 Å². The number of hydrogen-bond donors (Lipinski definition) is 1. The molecule has 7 heteroatoms. The Morgan fingerprint density at radius 1 is 1.35 bits per heavy atom. The van der Waals surface area contributed by atoms with E-state index in [2.05, 4.69) is 39.0 Å². The first-order chi connectivity index (χ1) is 9.45. The number of nitrogens with one attached hydrogen (secondary N) is 1. The summed E-state index contributed by atoms with van der Waals surface area (Å²) in [5.41, 5.74) is 0. The van der Waals surface area contributed by atoms with E-state index in [1.807, 2.05) is 19.0 Å². The number of anilines is 2. The summed E-state index contributed by atoms with van der Waals surface area (Å²) in [7, 11) is 3.76. The molecule has 1 fully saturated rings. The van der Waals surface area contributed by atoms with Gasteiger partial charge in [-0.2, -0.15) is 15.0 Å². The van der Waals surface area contributed by atoms with Gasteiger partial charge < -0.3 is 15.1 Å². The molecule has 1 aliphatic rings. The minimum Gasteiger partial charge on any atom is -0.354 e. The van der Waals surface area contributed by atoms with Crippen molar-refractivity contribution in [3.05, 3.63) is 5.28 Å². The Kier molecular flexibility index (Phi) is 4.99. The van der Waals surface area contributed by atoms with Crippen LogP contribution in [-0.4, -0.2) is 59.6 Å². The van der Waals surface area contributed by atoms with Crippen molar-refractivity contribution in [2.45, 2.75) is 26.3 Å². The van der Waals surface area contributed by atoms with Crippen LogP contribution >= 0.6 is 11.6 Å². The van der Waals surface area contributed by atoms with Gasteiger partial charge in [-0.05, 0) is 44.3 Å². The molecule has 6 nitrogen and oxygen atoms in total. The van der Waals surface area contributed by atoms with Gasteiger partial charge in [0.05, 0.1) is 0 Å². The molecule has 2 heterocycles. The predicted molar refractivity (Wildman–Crippen MR) is 82.5 cm³/mol. The van der Waals surface area contributed by atoms with E-state index in [4.69, 9.17) is 11.6 Å². The molecule has 20 heavy (non-hydrogen) atoms. The van der Waals surface area contributed by atoms with E-state index < -0.39 is 0 Å². The molecule has 112 valence electrons. The van der Waals surface area contributed by atoms with Crippen molar-refractivity contribution in [3.8, 4) is 0 Å². The molecule has 1 aromatic rings. The first-order valence-electron chi connectivity index (χ1n) is 7.02. The largest absolute Gasteiger partial charge is 0.354 e. The van der Waals surface area contributed by atoms with Crippen molar-refractivity contribution in [2.24, 2.45) is 5.92 Å². The molecule has 0 amide bonds. The number of nitrogens with zero attached hydrogens (tertiary/aromatic N) is 5. The Hall–Kier alpha value is -1.14. The first kappa shape index (κ1) is 15.3. The van der Waals surface area contributed by atoms with Crippen molar-refractivity contribution in [1.29, 1.82) is 0 Å². The van der Waals surface area contributed by atoms with Crippen LogP contribution in [0.2, 0.25) is 5.28 Å². The summed E-state index contributed by atoms with van der Waals surface area (Å²) in [4.78, 5) is 16.8. The van der Waals surface area contributed by atoms with Crippen molar-refractivity contribution in [1.82, 2.24) is 19.9 Å². The van der Waals surface area contributed by atoms with E-state index in [9.17, 15) is 0 Å². The maximum atomic E-state index is 5.92. The highest BCUT2D eigenvalue weighted by Crippen LogP contribution is 2.19. The first-order valence-corrected chi connectivity index (χ1v) is 7.40. The predicted octanol–water partition coefficient (Wildman–Crippen LogP) is 1.73. The third-order valence-corrected chi connectivity index (χ3v) is 3.76. The van der Waals surface area contributed by atoms with Crippen LogP contribution in [0.3, 0.4) is 0 Å². The molecule has 1 unspecified atom stereocenters. The normalized spacial score (nSPS) is 19.6. The zero-order chi connectivity index (χ0) is 14.7. The van der Waals surface area contributed by atoms with Crippen molar-refractivity contribution in [2.75, 3.05) is 43.9 Å². The maximum absolute atomic E-state index is 5.92. The summed E-state index contributed by atoms with van der Waals surface area (Å²) < 4.78 is 0.